The summed E-state index contributed by atoms with van der Waals surface area (Å²) in [5.74, 6) is 1.18. The van der Waals surface area contributed by atoms with Gasteiger partial charge < -0.3 is 15.0 Å². The van der Waals surface area contributed by atoms with Gasteiger partial charge in [0, 0.05) is 13.1 Å². The van der Waals surface area contributed by atoms with Crippen molar-refractivity contribution in [3.63, 3.8) is 0 Å². The Bertz CT molecular complexity index is 317. The number of carbonyl (C=O) groups excluding carboxylic acids is 1. The third-order valence-electron chi connectivity index (χ3n) is 4.81. The van der Waals surface area contributed by atoms with Crippen LogP contribution in [0.3, 0.4) is 0 Å². The van der Waals surface area contributed by atoms with Gasteiger partial charge in [-0.2, -0.15) is 0 Å². The summed E-state index contributed by atoms with van der Waals surface area (Å²) in [5, 5.41) is 3.29. The second-order valence-corrected chi connectivity index (χ2v) is 6.17. The minimum absolute atomic E-state index is 0.0866. The number of hydrogen-bond acceptors (Lipinski definition) is 4. The van der Waals surface area contributed by atoms with Gasteiger partial charge in [0.1, 0.15) is 5.54 Å². The molecule has 2 atom stereocenters. The molecule has 0 aromatic rings. The summed E-state index contributed by atoms with van der Waals surface area (Å²) in [6, 6.07) is 0. The Morgan fingerprint density at radius 1 is 1.42 bits per heavy atom. The van der Waals surface area contributed by atoms with Crippen LogP contribution in [0.4, 0.5) is 0 Å². The van der Waals surface area contributed by atoms with Crippen molar-refractivity contribution in [2.24, 2.45) is 11.8 Å². The predicted molar refractivity (Wildman–Crippen MR) is 76.0 cm³/mol. The molecule has 2 fully saturated rings. The normalized spacial score (nSPS) is 27.2. The third-order valence-corrected chi connectivity index (χ3v) is 4.81. The van der Waals surface area contributed by atoms with Gasteiger partial charge in [0.05, 0.1) is 7.11 Å². The molecule has 4 nitrogen and oxygen atoms in total. The first-order valence-electron chi connectivity index (χ1n) is 7.66. The topological polar surface area (TPSA) is 41.6 Å². The number of nitrogens with one attached hydrogen (secondary N) is 1. The highest BCUT2D eigenvalue weighted by molar-refractivity contribution is 5.82. The van der Waals surface area contributed by atoms with Crippen LogP contribution in [0.2, 0.25) is 0 Å². The minimum Gasteiger partial charge on any atom is -0.468 e. The van der Waals surface area contributed by atoms with E-state index in [-0.39, 0.29) is 5.97 Å². The second-order valence-electron chi connectivity index (χ2n) is 6.17. The molecule has 1 aliphatic carbocycles. The molecular formula is C15H28N2O2. The molecular weight excluding hydrogens is 240 g/mol. The molecule has 2 aliphatic rings. The summed E-state index contributed by atoms with van der Waals surface area (Å²) < 4.78 is 5.06. The molecule has 0 radical (unpaired) electrons. The van der Waals surface area contributed by atoms with E-state index in [1.165, 1.54) is 26.4 Å². The SMILES string of the molecule is CCCC1CCN(CC(NC)(C(=O)OC)C2CC2)C1. The van der Waals surface area contributed by atoms with Crippen molar-refractivity contribution in [3.05, 3.63) is 0 Å². The summed E-state index contributed by atoms with van der Waals surface area (Å²) in [7, 11) is 3.40. The zero-order valence-electron chi connectivity index (χ0n) is 12.6. The monoisotopic (exact) mass is 268 g/mol. The van der Waals surface area contributed by atoms with Crippen LogP contribution in [0, 0.1) is 11.8 Å². The highest BCUT2D eigenvalue weighted by Crippen LogP contribution is 2.41. The van der Waals surface area contributed by atoms with Gasteiger partial charge in [-0.25, -0.2) is 4.79 Å². The van der Waals surface area contributed by atoms with Crippen LogP contribution in [-0.4, -0.2) is 50.2 Å². The van der Waals surface area contributed by atoms with Crippen LogP contribution in [-0.2, 0) is 9.53 Å². The van der Waals surface area contributed by atoms with Crippen LogP contribution in [0.1, 0.15) is 39.0 Å². The summed E-state index contributed by atoms with van der Waals surface area (Å²) >= 11 is 0. The molecule has 0 aromatic carbocycles. The highest BCUT2D eigenvalue weighted by atomic mass is 16.5. The van der Waals surface area contributed by atoms with E-state index in [1.807, 2.05) is 7.05 Å². The largest absolute Gasteiger partial charge is 0.468 e. The van der Waals surface area contributed by atoms with Gasteiger partial charge in [0.25, 0.3) is 0 Å². The van der Waals surface area contributed by atoms with Crippen molar-refractivity contribution in [1.82, 2.24) is 10.2 Å². The van der Waals surface area contributed by atoms with Gasteiger partial charge in [-0.1, -0.05) is 13.3 Å². The lowest BCUT2D eigenvalue weighted by molar-refractivity contribution is -0.150. The maximum absolute atomic E-state index is 12.2. The van der Waals surface area contributed by atoms with Crippen molar-refractivity contribution in [1.29, 1.82) is 0 Å². The molecule has 0 bridgehead atoms. The lowest BCUT2D eigenvalue weighted by atomic mass is 9.92. The first-order chi connectivity index (χ1) is 9.16. The van der Waals surface area contributed by atoms with Crippen LogP contribution in [0.5, 0.6) is 0 Å². The number of esters is 1. The van der Waals surface area contributed by atoms with Gasteiger partial charge >= 0.3 is 5.97 Å². The Morgan fingerprint density at radius 2 is 2.16 bits per heavy atom. The van der Waals surface area contributed by atoms with E-state index in [2.05, 4.69) is 17.1 Å². The number of rotatable bonds is 7. The molecule has 1 aliphatic heterocycles. The molecule has 110 valence electrons. The van der Waals surface area contributed by atoms with Gasteiger partial charge in [-0.05, 0) is 51.1 Å². The number of methoxy groups -OCH3 is 1. The Balaban J connectivity index is 1.99. The summed E-state index contributed by atoms with van der Waals surface area (Å²) in [6.45, 7) is 5.32. The van der Waals surface area contributed by atoms with Crippen molar-refractivity contribution >= 4 is 5.97 Å². The van der Waals surface area contributed by atoms with E-state index in [0.29, 0.717) is 5.92 Å². The second kappa shape index (κ2) is 6.23. The molecule has 0 aromatic heterocycles. The van der Waals surface area contributed by atoms with E-state index in [4.69, 9.17) is 4.74 Å². The molecule has 1 N–H and O–H groups in total. The van der Waals surface area contributed by atoms with E-state index >= 15 is 0 Å². The van der Waals surface area contributed by atoms with E-state index in [0.717, 1.165) is 38.4 Å². The number of ether oxygens (including phenoxy) is 1. The molecule has 1 heterocycles. The third kappa shape index (κ3) is 3.11. The van der Waals surface area contributed by atoms with Crippen LogP contribution in [0.15, 0.2) is 0 Å². The molecule has 0 amide bonds. The van der Waals surface area contributed by atoms with Gasteiger partial charge in [-0.3, -0.25) is 0 Å². The highest BCUT2D eigenvalue weighted by Gasteiger charge is 2.52. The van der Waals surface area contributed by atoms with Crippen molar-refractivity contribution in [3.8, 4) is 0 Å². The fourth-order valence-corrected chi connectivity index (χ4v) is 3.56. The average Bonchev–Trinajstić information content (AvgIpc) is 3.18. The average molecular weight is 268 g/mol. The fourth-order valence-electron chi connectivity index (χ4n) is 3.56. The van der Waals surface area contributed by atoms with Crippen molar-refractivity contribution < 1.29 is 9.53 Å². The lowest BCUT2D eigenvalue weighted by Gasteiger charge is -2.34. The van der Waals surface area contributed by atoms with Gasteiger partial charge in [0.2, 0.25) is 0 Å². The van der Waals surface area contributed by atoms with Gasteiger partial charge in [0.15, 0.2) is 0 Å². The Hall–Kier alpha value is -0.610. The fraction of sp³-hybridized carbons (Fsp3) is 0.933. The van der Waals surface area contributed by atoms with Crippen LogP contribution in [0.25, 0.3) is 0 Å². The maximum atomic E-state index is 12.2. The molecule has 1 saturated carbocycles. The minimum atomic E-state index is -0.476. The molecule has 2 rings (SSSR count). The van der Waals surface area contributed by atoms with E-state index in [9.17, 15) is 4.79 Å². The lowest BCUT2D eigenvalue weighted by Crippen LogP contribution is -2.59. The number of nitrogens with zero attached hydrogens (tertiary/aromatic N) is 1. The molecule has 0 spiro atoms. The first kappa shape index (κ1) is 14.8. The standard InChI is InChI=1S/C15H28N2O2/c1-4-5-12-8-9-17(10-12)11-15(16-2,13-6-7-13)14(18)19-3/h12-13,16H,4-11H2,1-3H3. The Labute approximate surface area is 116 Å². The maximum Gasteiger partial charge on any atom is 0.327 e. The number of hydrogen-bond donors (Lipinski definition) is 1. The van der Waals surface area contributed by atoms with Crippen molar-refractivity contribution in [2.45, 2.75) is 44.6 Å². The van der Waals surface area contributed by atoms with Crippen LogP contribution < -0.4 is 5.32 Å². The zero-order valence-corrected chi connectivity index (χ0v) is 12.6. The Kier molecular flexibility index (Phi) is 4.85. The van der Waals surface area contributed by atoms with Crippen LogP contribution >= 0.6 is 0 Å². The molecule has 19 heavy (non-hydrogen) atoms. The number of carbonyl (C=O) groups is 1. The summed E-state index contributed by atoms with van der Waals surface area (Å²) in [6.07, 6.45) is 6.13. The first-order valence-corrected chi connectivity index (χ1v) is 7.66. The number of likely N-dealkylation sites (tertiary alicyclic amines) is 1. The quantitative estimate of drug-likeness (QED) is 0.713. The molecule has 4 heteroatoms. The molecule has 2 unspecified atom stereocenters. The van der Waals surface area contributed by atoms with E-state index in [1.54, 1.807) is 0 Å². The zero-order chi connectivity index (χ0) is 13.9. The van der Waals surface area contributed by atoms with Crippen molar-refractivity contribution in [2.75, 3.05) is 33.8 Å². The van der Waals surface area contributed by atoms with E-state index < -0.39 is 5.54 Å². The number of likely N-dealkylation sites (N-methyl/N-ethyl adjacent to an activating group) is 1. The smallest absolute Gasteiger partial charge is 0.327 e. The van der Waals surface area contributed by atoms with Gasteiger partial charge in [-0.15, -0.1) is 0 Å². The Morgan fingerprint density at radius 3 is 2.68 bits per heavy atom. The summed E-state index contributed by atoms with van der Waals surface area (Å²) in [5.41, 5.74) is -0.476. The summed E-state index contributed by atoms with van der Waals surface area (Å²) in [4.78, 5) is 14.7. The predicted octanol–water partition coefficient (Wildman–Crippen LogP) is 1.65. The molecule has 1 saturated heterocycles.